The van der Waals surface area contributed by atoms with Gasteiger partial charge in [-0.1, -0.05) is 54.4 Å². The second kappa shape index (κ2) is 5.35. The Morgan fingerprint density at radius 1 is 1.25 bits per heavy atom. The molecule has 2 atom stereocenters. The van der Waals surface area contributed by atoms with Crippen molar-refractivity contribution in [1.29, 1.82) is 0 Å². The monoisotopic (exact) mass is 280 g/mol. The molecule has 0 aliphatic heterocycles. The number of alkyl halides is 1. The van der Waals surface area contributed by atoms with Crippen molar-refractivity contribution < 1.29 is 0 Å². The molecule has 0 aromatic heterocycles. The number of benzene rings is 1. The summed E-state index contributed by atoms with van der Waals surface area (Å²) in [6.07, 6.45) is 6.43. The Balaban J connectivity index is 2.09. The molecule has 0 bridgehead atoms. The van der Waals surface area contributed by atoms with E-state index in [0.29, 0.717) is 4.83 Å². The maximum atomic E-state index is 3.84. The Morgan fingerprint density at radius 2 is 2.00 bits per heavy atom. The zero-order chi connectivity index (χ0) is 11.5. The van der Waals surface area contributed by atoms with Crippen molar-refractivity contribution in [3.63, 3.8) is 0 Å². The van der Waals surface area contributed by atoms with Crippen molar-refractivity contribution in [3.05, 3.63) is 34.9 Å². The first-order chi connectivity index (χ1) is 7.70. The second-order valence-electron chi connectivity index (χ2n) is 5.10. The average molecular weight is 281 g/mol. The summed E-state index contributed by atoms with van der Waals surface area (Å²) in [7, 11) is 0. The Bertz CT molecular complexity index is 356. The molecule has 0 saturated carbocycles. The van der Waals surface area contributed by atoms with Crippen molar-refractivity contribution in [2.24, 2.45) is 5.92 Å². The minimum Gasteiger partial charge on any atom is -0.0839 e. The molecule has 1 aliphatic carbocycles. The van der Waals surface area contributed by atoms with E-state index in [1.165, 1.54) is 37.7 Å². The molecule has 1 aromatic carbocycles. The zero-order valence-electron chi connectivity index (χ0n) is 10.3. The number of hydrogen-bond donors (Lipinski definition) is 0. The van der Waals surface area contributed by atoms with Crippen LogP contribution in [0, 0.1) is 5.92 Å². The van der Waals surface area contributed by atoms with Gasteiger partial charge < -0.3 is 0 Å². The van der Waals surface area contributed by atoms with E-state index in [1.54, 1.807) is 11.1 Å². The molecule has 0 N–H and O–H groups in total. The van der Waals surface area contributed by atoms with Gasteiger partial charge >= 0.3 is 0 Å². The number of fused-ring (bicyclic) bond motifs is 1. The molecule has 2 rings (SSSR count). The smallest absolute Gasteiger partial charge is 0.0397 e. The summed E-state index contributed by atoms with van der Waals surface area (Å²) >= 11 is 3.84. The van der Waals surface area contributed by atoms with Crippen molar-refractivity contribution in [3.8, 4) is 0 Å². The normalized spacial score (nSPS) is 18.2. The third kappa shape index (κ3) is 2.68. The molecule has 2 unspecified atom stereocenters. The first kappa shape index (κ1) is 12.2. The average Bonchev–Trinajstić information content (AvgIpc) is 2.75. The fourth-order valence-electron chi connectivity index (χ4n) is 2.44. The van der Waals surface area contributed by atoms with Crippen LogP contribution in [-0.2, 0) is 12.8 Å². The highest BCUT2D eigenvalue weighted by molar-refractivity contribution is 9.09. The number of aryl methyl sites for hydroxylation is 2. The lowest BCUT2D eigenvalue weighted by atomic mass is 9.97. The van der Waals surface area contributed by atoms with Crippen molar-refractivity contribution in [2.45, 2.75) is 50.8 Å². The maximum absolute atomic E-state index is 3.84. The van der Waals surface area contributed by atoms with E-state index < -0.39 is 0 Å². The quantitative estimate of drug-likeness (QED) is 0.678. The van der Waals surface area contributed by atoms with Crippen LogP contribution < -0.4 is 0 Å². The van der Waals surface area contributed by atoms with E-state index in [2.05, 4.69) is 48.0 Å². The molecule has 88 valence electrons. The molecule has 1 heteroatoms. The minimum atomic E-state index is 0.536. The Morgan fingerprint density at radius 3 is 2.75 bits per heavy atom. The summed E-state index contributed by atoms with van der Waals surface area (Å²) in [5.41, 5.74) is 4.64. The molecule has 0 amide bonds. The van der Waals surface area contributed by atoms with Crippen LogP contribution in [0.3, 0.4) is 0 Å². The lowest BCUT2D eigenvalue weighted by Crippen LogP contribution is -1.99. The van der Waals surface area contributed by atoms with Gasteiger partial charge in [-0.15, -0.1) is 0 Å². The largest absolute Gasteiger partial charge is 0.0839 e. The SMILES string of the molecule is CCC(C)CC(Br)c1ccc2c(c1)CCC2. The number of halogens is 1. The summed E-state index contributed by atoms with van der Waals surface area (Å²) in [5, 5.41) is 0. The van der Waals surface area contributed by atoms with Crippen LogP contribution in [0.15, 0.2) is 18.2 Å². The van der Waals surface area contributed by atoms with Gasteiger partial charge in [0.05, 0.1) is 0 Å². The molecular formula is C15H21Br. The molecule has 0 nitrogen and oxygen atoms in total. The van der Waals surface area contributed by atoms with Crippen LogP contribution >= 0.6 is 15.9 Å². The molecule has 0 radical (unpaired) electrons. The maximum Gasteiger partial charge on any atom is 0.0397 e. The minimum absolute atomic E-state index is 0.536. The highest BCUT2D eigenvalue weighted by Gasteiger charge is 2.15. The number of hydrogen-bond acceptors (Lipinski definition) is 0. The van der Waals surface area contributed by atoms with Crippen LogP contribution in [-0.4, -0.2) is 0 Å². The first-order valence-corrected chi connectivity index (χ1v) is 7.38. The van der Waals surface area contributed by atoms with E-state index in [4.69, 9.17) is 0 Å². The van der Waals surface area contributed by atoms with Gasteiger partial charge in [-0.25, -0.2) is 0 Å². The lowest BCUT2D eigenvalue weighted by Gasteiger charge is -2.15. The molecular weight excluding hydrogens is 260 g/mol. The van der Waals surface area contributed by atoms with Gasteiger partial charge in [0, 0.05) is 4.83 Å². The molecule has 1 aromatic rings. The first-order valence-electron chi connectivity index (χ1n) is 6.46. The Labute approximate surface area is 108 Å². The summed E-state index contributed by atoms with van der Waals surface area (Å²) in [6.45, 7) is 4.61. The van der Waals surface area contributed by atoms with Crippen LogP contribution in [0.5, 0.6) is 0 Å². The zero-order valence-corrected chi connectivity index (χ0v) is 11.9. The highest BCUT2D eigenvalue weighted by atomic mass is 79.9. The Hall–Kier alpha value is -0.300. The summed E-state index contributed by atoms with van der Waals surface area (Å²) < 4.78 is 0. The molecule has 0 saturated heterocycles. The van der Waals surface area contributed by atoms with E-state index in [1.807, 2.05) is 0 Å². The molecule has 16 heavy (non-hydrogen) atoms. The standard InChI is InChI=1S/C15H21Br/c1-3-11(2)9-15(16)14-8-7-12-5-4-6-13(12)10-14/h7-8,10-11,15H,3-6,9H2,1-2H3. The van der Waals surface area contributed by atoms with Crippen molar-refractivity contribution in [1.82, 2.24) is 0 Å². The molecule has 1 aliphatic rings. The lowest BCUT2D eigenvalue weighted by molar-refractivity contribution is 0.514. The van der Waals surface area contributed by atoms with Gasteiger partial charge in [0.25, 0.3) is 0 Å². The fourth-order valence-corrected chi connectivity index (χ4v) is 3.37. The Kier molecular flexibility index (Phi) is 4.07. The van der Waals surface area contributed by atoms with Crippen molar-refractivity contribution >= 4 is 15.9 Å². The molecule has 0 spiro atoms. The topological polar surface area (TPSA) is 0 Å². The van der Waals surface area contributed by atoms with E-state index in [0.717, 1.165) is 5.92 Å². The van der Waals surface area contributed by atoms with Crippen molar-refractivity contribution in [2.75, 3.05) is 0 Å². The second-order valence-corrected chi connectivity index (χ2v) is 6.20. The third-order valence-corrected chi connectivity index (χ3v) is 4.69. The van der Waals surface area contributed by atoms with Gasteiger partial charge in [0.2, 0.25) is 0 Å². The van der Waals surface area contributed by atoms with Crippen LogP contribution in [0.25, 0.3) is 0 Å². The van der Waals surface area contributed by atoms with Gasteiger partial charge in [0.1, 0.15) is 0 Å². The van der Waals surface area contributed by atoms with Gasteiger partial charge in [-0.3, -0.25) is 0 Å². The highest BCUT2D eigenvalue weighted by Crippen LogP contribution is 2.33. The van der Waals surface area contributed by atoms with Gasteiger partial charge in [0.15, 0.2) is 0 Å². The van der Waals surface area contributed by atoms with Crippen LogP contribution in [0.1, 0.15) is 54.6 Å². The van der Waals surface area contributed by atoms with E-state index >= 15 is 0 Å². The van der Waals surface area contributed by atoms with Crippen LogP contribution in [0.2, 0.25) is 0 Å². The van der Waals surface area contributed by atoms with Gasteiger partial charge in [-0.2, -0.15) is 0 Å². The summed E-state index contributed by atoms with van der Waals surface area (Å²) in [6, 6.07) is 7.07. The number of rotatable bonds is 4. The molecule has 0 fully saturated rings. The van der Waals surface area contributed by atoms with Crippen LogP contribution in [0.4, 0.5) is 0 Å². The third-order valence-electron chi connectivity index (χ3n) is 3.79. The van der Waals surface area contributed by atoms with E-state index in [-0.39, 0.29) is 0 Å². The summed E-state index contributed by atoms with van der Waals surface area (Å²) in [4.78, 5) is 0.536. The summed E-state index contributed by atoms with van der Waals surface area (Å²) in [5.74, 6) is 0.803. The van der Waals surface area contributed by atoms with E-state index in [9.17, 15) is 0 Å². The predicted octanol–water partition coefficient (Wildman–Crippen LogP) is 5.05. The predicted molar refractivity (Wildman–Crippen MR) is 74.2 cm³/mol. The van der Waals surface area contributed by atoms with Gasteiger partial charge in [-0.05, 0) is 48.3 Å². The fraction of sp³-hybridized carbons (Fsp3) is 0.600. The molecule has 0 heterocycles.